The Labute approximate surface area is 165 Å². The minimum Gasteiger partial charge on any atom is -0.493 e. The van der Waals surface area contributed by atoms with Crippen molar-refractivity contribution in [2.45, 2.75) is 52.6 Å². The van der Waals surface area contributed by atoms with Crippen molar-refractivity contribution in [1.29, 1.82) is 0 Å². The van der Waals surface area contributed by atoms with Crippen molar-refractivity contribution < 1.29 is 14.3 Å². The standard InChI is InChI=1S/C21H30BrNO3/c1-14-11-17(5-6-19(14)22)25-13-16-12-18(16)15-7-9-23(10-8-15)20(24)26-21(2,3)4/h5-6,11,15-16,18H,7-10,12-13H2,1-4H3/t16-,18-/m1/s1. The maximum absolute atomic E-state index is 12.2. The van der Waals surface area contributed by atoms with Gasteiger partial charge in [0.15, 0.2) is 0 Å². The summed E-state index contributed by atoms with van der Waals surface area (Å²) in [6.07, 6.45) is 3.25. The molecule has 1 saturated heterocycles. The van der Waals surface area contributed by atoms with Crippen molar-refractivity contribution in [3.8, 4) is 5.75 Å². The Morgan fingerprint density at radius 3 is 2.58 bits per heavy atom. The van der Waals surface area contributed by atoms with Gasteiger partial charge in [0, 0.05) is 17.6 Å². The number of piperidine rings is 1. The van der Waals surface area contributed by atoms with E-state index in [0.29, 0.717) is 11.8 Å². The summed E-state index contributed by atoms with van der Waals surface area (Å²) in [5.41, 5.74) is 0.780. The van der Waals surface area contributed by atoms with Crippen molar-refractivity contribution in [3.05, 3.63) is 28.2 Å². The van der Waals surface area contributed by atoms with Gasteiger partial charge in [0.1, 0.15) is 11.4 Å². The highest BCUT2D eigenvalue weighted by molar-refractivity contribution is 9.10. The second-order valence-corrected chi connectivity index (χ2v) is 9.54. The quantitative estimate of drug-likeness (QED) is 0.648. The molecule has 1 aromatic rings. The highest BCUT2D eigenvalue weighted by atomic mass is 79.9. The molecule has 2 aliphatic rings. The average molecular weight is 424 g/mol. The molecule has 4 nitrogen and oxygen atoms in total. The van der Waals surface area contributed by atoms with Crippen LogP contribution < -0.4 is 4.74 Å². The van der Waals surface area contributed by atoms with Gasteiger partial charge in [-0.05, 0) is 88.5 Å². The summed E-state index contributed by atoms with van der Waals surface area (Å²) < 4.78 is 12.6. The molecule has 26 heavy (non-hydrogen) atoms. The molecule has 1 saturated carbocycles. The zero-order valence-electron chi connectivity index (χ0n) is 16.3. The lowest BCUT2D eigenvalue weighted by molar-refractivity contribution is 0.0173. The maximum atomic E-state index is 12.2. The molecular weight excluding hydrogens is 394 g/mol. The first kappa shape index (κ1) is 19.5. The minimum absolute atomic E-state index is 0.169. The van der Waals surface area contributed by atoms with Crippen LogP contribution in [-0.4, -0.2) is 36.3 Å². The van der Waals surface area contributed by atoms with Crippen LogP contribution in [0.3, 0.4) is 0 Å². The minimum atomic E-state index is -0.418. The molecule has 2 fully saturated rings. The van der Waals surface area contributed by atoms with Crippen molar-refractivity contribution in [3.63, 3.8) is 0 Å². The number of ether oxygens (including phenoxy) is 2. The lowest BCUT2D eigenvalue weighted by Gasteiger charge is -2.33. The third-order valence-electron chi connectivity index (χ3n) is 5.37. The van der Waals surface area contributed by atoms with E-state index in [1.807, 2.05) is 37.8 Å². The molecule has 0 radical (unpaired) electrons. The number of aryl methyl sites for hydroxylation is 1. The summed E-state index contributed by atoms with van der Waals surface area (Å²) in [5, 5.41) is 0. The Morgan fingerprint density at radius 2 is 1.96 bits per heavy atom. The Kier molecular flexibility index (Phi) is 5.85. The molecule has 5 heteroatoms. The van der Waals surface area contributed by atoms with E-state index in [9.17, 15) is 4.79 Å². The lowest BCUT2D eigenvalue weighted by atomic mass is 9.91. The van der Waals surface area contributed by atoms with E-state index in [2.05, 4.69) is 28.9 Å². The lowest BCUT2D eigenvalue weighted by Crippen LogP contribution is -2.42. The van der Waals surface area contributed by atoms with Crippen molar-refractivity contribution in [2.24, 2.45) is 17.8 Å². The van der Waals surface area contributed by atoms with Gasteiger partial charge < -0.3 is 14.4 Å². The second kappa shape index (κ2) is 7.79. The smallest absolute Gasteiger partial charge is 0.410 e. The van der Waals surface area contributed by atoms with Crippen LogP contribution in [0.2, 0.25) is 0 Å². The van der Waals surface area contributed by atoms with E-state index in [0.717, 1.165) is 48.7 Å². The van der Waals surface area contributed by atoms with Crippen molar-refractivity contribution >= 4 is 22.0 Å². The van der Waals surface area contributed by atoms with Crippen LogP contribution in [0.15, 0.2) is 22.7 Å². The molecule has 0 aromatic heterocycles. The molecule has 1 amide bonds. The molecule has 1 aliphatic heterocycles. The maximum Gasteiger partial charge on any atom is 0.410 e. The molecule has 3 rings (SSSR count). The first-order valence-corrected chi connectivity index (χ1v) is 10.4. The van der Waals surface area contributed by atoms with Crippen LogP contribution >= 0.6 is 15.9 Å². The van der Waals surface area contributed by atoms with Gasteiger partial charge in [-0.2, -0.15) is 0 Å². The van der Waals surface area contributed by atoms with Gasteiger partial charge in [-0.1, -0.05) is 15.9 Å². The summed E-state index contributed by atoms with van der Waals surface area (Å²) in [6.45, 7) is 10.3. The van der Waals surface area contributed by atoms with E-state index in [-0.39, 0.29) is 6.09 Å². The highest BCUT2D eigenvalue weighted by Crippen LogP contribution is 2.48. The molecule has 0 unspecified atom stereocenters. The predicted molar refractivity (Wildman–Crippen MR) is 107 cm³/mol. The zero-order valence-corrected chi connectivity index (χ0v) is 17.8. The summed E-state index contributed by atoms with van der Waals surface area (Å²) in [4.78, 5) is 14.0. The number of halogens is 1. The van der Waals surface area contributed by atoms with E-state index < -0.39 is 5.60 Å². The predicted octanol–water partition coefficient (Wildman–Crippen LogP) is 5.42. The third kappa shape index (κ3) is 5.15. The molecule has 0 N–H and O–H groups in total. The molecule has 1 heterocycles. The number of rotatable bonds is 4. The van der Waals surface area contributed by atoms with Gasteiger partial charge in [0.05, 0.1) is 6.61 Å². The van der Waals surface area contributed by atoms with E-state index in [4.69, 9.17) is 9.47 Å². The van der Waals surface area contributed by atoms with Crippen LogP contribution in [0.5, 0.6) is 5.75 Å². The van der Waals surface area contributed by atoms with Crippen LogP contribution in [0.4, 0.5) is 4.79 Å². The fourth-order valence-corrected chi connectivity index (χ4v) is 4.03. The van der Waals surface area contributed by atoms with E-state index in [1.165, 1.54) is 12.0 Å². The number of benzene rings is 1. The molecule has 0 spiro atoms. The van der Waals surface area contributed by atoms with Crippen LogP contribution in [-0.2, 0) is 4.74 Å². The normalized spacial score (nSPS) is 23.7. The van der Waals surface area contributed by atoms with Gasteiger partial charge in [0.2, 0.25) is 0 Å². The summed E-state index contributed by atoms with van der Waals surface area (Å²) in [5.74, 6) is 3.09. The van der Waals surface area contributed by atoms with E-state index in [1.54, 1.807) is 0 Å². The Bertz CT molecular complexity index is 647. The first-order valence-electron chi connectivity index (χ1n) is 9.60. The number of hydrogen-bond acceptors (Lipinski definition) is 3. The van der Waals surface area contributed by atoms with Gasteiger partial charge >= 0.3 is 6.09 Å². The summed E-state index contributed by atoms with van der Waals surface area (Å²) in [6, 6.07) is 6.15. The van der Waals surface area contributed by atoms with Gasteiger partial charge in [-0.25, -0.2) is 4.79 Å². The molecular formula is C21H30BrNO3. The van der Waals surface area contributed by atoms with Gasteiger partial charge in [-0.3, -0.25) is 0 Å². The molecule has 0 bridgehead atoms. The van der Waals surface area contributed by atoms with Crippen molar-refractivity contribution in [1.82, 2.24) is 4.90 Å². The fraction of sp³-hybridized carbons (Fsp3) is 0.667. The van der Waals surface area contributed by atoms with Crippen LogP contribution in [0, 0.1) is 24.7 Å². The first-order chi connectivity index (χ1) is 12.2. The number of likely N-dealkylation sites (tertiary alicyclic amines) is 1. The summed E-state index contributed by atoms with van der Waals surface area (Å²) in [7, 11) is 0. The van der Waals surface area contributed by atoms with Crippen LogP contribution in [0.1, 0.15) is 45.6 Å². The number of nitrogens with zero attached hydrogens (tertiary/aromatic N) is 1. The van der Waals surface area contributed by atoms with Crippen molar-refractivity contribution in [2.75, 3.05) is 19.7 Å². The fourth-order valence-electron chi connectivity index (χ4n) is 3.79. The number of carbonyl (C=O) groups excluding carboxylic acids is 1. The Morgan fingerprint density at radius 1 is 1.27 bits per heavy atom. The van der Waals surface area contributed by atoms with Gasteiger partial charge in [0.25, 0.3) is 0 Å². The topological polar surface area (TPSA) is 38.8 Å². The molecule has 2 atom stereocenters. The highest BCUT2D eigenvalue weighted by Gasteiger charge is 2.44. The largest absolute Gasteiger partial charge is 0.493 e. The second-order valence-electron chi connectivity index (χ2n) is 8.69. The van der Waals surface area contributed by atoms with Gasteiger partial charge in [-0.15, -0.1) is 0 Å². The van der Waals surface area contributed by atoms with E-state index >= 15 is 0 Å². The SMILES string of the molecule is Cc1cc(OC[C@H]2C[C@@H]2C2CCN(C(=O)OC(C)(C)C)CC2)ccc1Br. The average Bonchev–Trinajstić information content (AvgIpc) is 3.34. The zero-order chi connectivity index (χ0) is 18.9. The Hall–Kier alpha value is -1.23. The monoisotopic (exact) mass is 423 g/mol. The number of carbonyl (C=O) groups is 1. The molecule has 1 aromatic carbocycles. The number of amides is 1. The third-order valence-corrected chi connectivity index (χ3v) is 6.26. The molecule has 144 valence electrons. The van der Waals surface area contributed by atoms with Crippen LogP contribution in [0.25, 0.3) is 0 Å². The Balaban J connectivity index is 1.40. The molecule has 1 aliphatic carbocycles. The number of hydrogen-bond donors (Lipinski definition) is 0. The summed E-state index contributed by atoms with van der Waals surface area (Å²) >= 11 is 3.52.